The van der Waals surface area contributed by atoms with E-state index in [4.69, 9.17) is 18.9 Å². The Kier molecular flexibility index (Phi) is 11.9. The number of phenols is 2. The minimum Gasteiger partial charge on any atom is -0.508 e. The van der Waals surface area contributed by atoms with Crippen molar-refractivity contribution in [3.05, 3.63) is 98.6 Å². The molecule has 0 fully saturated rings. The van der Waals surface area contributed by atoms with Gasteiger partial charge in [0.05, 0.1) is 38.0 Å². The Balaban J connectivity index is 1.30. The fraction of sp³-hybridized carbons (Fsp3) is 0.444. The summed E-state index contributed by atoms with van der Waals surface area (Å²) in [7, 11) is 1.83. The van der Waals surface area contributed by atoms with Crippen molar-refractivity contribution >= 4 is 6.08 Å². The van der Waals surface area contributed by atoms with Crippen LogP contribution in [0.25, 0.3) is 17.2 Å². The molecule has 8 N–H and O–H groups in total. The van der Waals surface area contributed by atoms with Gasteiger partial charge in [-0.15, -0.1) is 0 Å². The molecule has 3 aliphatic heterocycles. The molecule has 0 amide bonds. The van der Waals surface area contributed by atoms with Crippen LogP contribution in [0.5, 0.6) is 28.7 Å². The van der Waals surface area contributed by atoms with E-state index in [1.165, 1.54) is 5.56 Å². The molecule has 0 aromatic heterocycles. The second-order valence-electron chi connectivity index (χ2n) is 15.8. The second kappa shape index (κ2) is 17.2. The van der Waals surface area contributed by atoms with Crippen molar-refractivity contribution in [3.63, 3.8) is 0 Å². The predicted molar refractivity (Wildman–Crippen MR) is 218 cm³/mol. The fourth-order valence-electron chi connectivity index (χ4n) is 9.08. The first kappa shape index (κ1) is 40.1. The largest absolute Gasteiger partial charge is 0.508 e. The first-order valence-corrected chi connectivity index (χ1v) is 20.3. The minimum absolute atomic E-state index is 0.00171. The quantitative estimate of drug-likeness (QED) is 0.0612. The smallest absolute Gasteiger partial charge is 0.161 e. The molecule has 0 saturated carbocycles. The molecule has 0 bridgehead atoms. The molecular formula is C45H54N4O9. The van der Waals surface area contributed by atoms with Crippen molar-refractivity contribution in [1.82, 2.24) is 16.0 Å². The van der Waals surface area contributed by atoms with Gasteiger partial charge in [-0.3, -0.25) is 10.3 Å². The van der Waals surface area contributed by atoms with Crippen molar-refractivity contribution in [2.45, 2.75) is 68.9 Å². The molecular weight excluding hydrogens is 741 g/mol. The Bertz CT molecular complexity index is 2270. The number of aliphatic hydroxyl groups is 3. The highest BCUT2D eigenvalue weighted by Gasteiger charge is 2.50. The Morgan fingerprint density at radius 2 is 1.86 bits per heavy atom. The molecule has 0 spiro atoms. The van der Waals surface area contributed by atoms with Gasteiger partial charge in [0.15, 0.2) is 17.6 Å². The molecule has 4 aromatic carbocycles. The number of hydrogen-bond acceptors (Lipinski definition) is 13. The monoisotopic (exact) mass is 794 g/mol. The summed E-state index contributed by atoms with van der Waals surface area (Å²) in [4.78, 5) is 4.59. The first-order chi connectivity index (χ1) is 28.2. The summed E-state index contributed by atoms with van der Waals surface area (Å²) in [6.07, 6.45) is 3.57. The van der Waals surface area contributed by atoms with Crippen molar-refractivity contribution in [3.8, 4) is 39.9 Å². The Morgan fingerprint density at radius 1 is 0.983 bits per heavy atom. The topological polar surface area (TPSA) is 187 Å². The van der Waals surface area contributed by atoms with E-state index in [-0.39, 0.29) is 55.8 Å². The number of rotatable bonds is 16. The van der Waals surface area contributed by atoms with Crippen LogP contribution in [0.3, 0.4) is 0 Å². The maximum Gasteiger partial charge on any atom is 0.161 e. The average Bonchev–Trinajstić information content (AvgIpc) is 3.70. The van der Waals surface area contributed by atoms with Gasteiger partial charge in [-0.25, -0.2) is 0 Å². The van der Waals surface area contributed by atoms with Gasteiger partial charge < -0.3 is 55.1 Å². The van der Waals surface area contributed by atoms with Crippen LogP contribution in [0.1, 0.15) is 58.7 Å². The van der Waals surface area contributed by atoms with Gasteiger partial charge in [0, 0.05) is 42.9 Å². The van der Waals surface area contributed by atoms with E-state index in [2.05, 4.69) is 45.2 Å². The lowest BCUT2D eigenvalue weighted by Crippen LogP contribution is -2.56. The van der Waals surface area contributed by atoms with Crippen LogP contribution < -0.4 is 40.7 Å². The molecule has 3 heterocycles. The summed E-state index contributed by atoms with van der Waals surface area (Å²) in [5.41, 5.74) is 6.88. The summed E-state index contributed by atoms with van der Waals surface area (Å²) in [6, 6.07) is 17.2. The summed E-state index contributed by atoms with van der Waals surface area (Å²) >= 11 is 0. The number of hydrogen-bond donors (Lipinski definition) is 8. The lowest BCUT2D eigenvalue weighted by molar-refractivity contribution is -0.129. The second-order valence-corrected chi connectivity index (χ2v) is 15.8. The highest BCUT2D eigenvalue weighted by Crippen LogP contribution is 2.57. The molecule has 5 atom stereocenters. The molecule has 58 heavy (non-hydrogen) atoms. The van der Waals surface area contributed by atoms with Crippen LogP contribution in [0.2, 0.25) is 0 Å². The molecule has 4 aliphatic rings. The zero-order valence-electron chi connectivity index (χ0n) is 33.1. The van der Waals surface area contributed by atoms with Crippen LogP contribution in [0.15, 0.2) is 59.6 Å². The van der Waals surface area contributed by atoms with E-state index < -0.39 is 17.8 Å². The molecule has 0 saturated heterocycles. The Labute approximate surface area is 338 Å². The maximum atomic E-state index is 10.9. The van der Waals surface area contributed by atoms with E-state index in [1.54, 1.807) is 25.1 Å². The third-order valence-corrected chi connectivity index (χ3v) is 11.7. The molecule has 0 unspecified atom stereocenters. The van der Waals surface area contributed by atoms with Gasteiger partial charge in [-0.2, -0.15) is 0 Å². The van der Waals surface area contributed by atoms with Gasteiger partial charge in [0.2, 0.25) is 0 Å². The van der Waals surface area contributed by atoms with E-state index >= 15 is 0 Å². The number of nitrogens with zero attached hydrogens (tertiary/aromatic N) is 1. The van der Waals surface area contributed by atoms with Crippen LogP contribution in [0, 0.1) is 0 Å². The summed E-state index contributed by atoms with van der Waals surface area (Å²) in [6.45, 7) is 3.45. The van der Waals surface area contributed by atoms with Gasteiger partial charge in [0.25, 0.3) is 0 Å². The molecule has 4 aromatic rings. The summed E-state index contributed by atoms with van der Waals surface area (Å²) in [5.74, 6) is 1.78. The number of aliphatic hydroxyl groups excluding tert-OH is 3. The number of phenolic OH excluding ortho intramolecular Hbond substituents is 2. The summed E-state index contributed by atoms with van der Waals surface area (Å²) in [5, 5.41) is 63.6. The lowest BCUT2D eigenvalue weighted by Gasteiger charge is -2.47. The van der Waals surface area contributed by atoms with Gasteiger partial charge in [-0.1, -0.05) is 24.3 Å². The van der Waals surface area contributed by atoms with Crippen molar-refractivity contribution < 1.29 is 44.5 Å². The van der Waals surface area contributed by atoms with E-state index in [9.17, 15) is 25.5 Å². The average molecular weight is 795 g/mol. The van der Waals surface area contributed by atoms with Crippen molar-refractivity contribution in [2.24, 2.45) is 4.99 Å². The number of fused-ring (bicyclic) bond motifs is 9. The van der Waals surface area contributed by atoms with E-state index in [0.717, 1.165) is 56.1 Å². The van der Waals surface area contributed by atoms with E-state index in [1.807, 2.05) is 25.2 Å². The zero-order chi connectivity index (χ0) is 40.4. The highest BCUT2D eigenvalue weighted by molar-refractivity contribution is 5.85. The summed E-state index contributed by atoms with van der Waals surface area (Å²) < 4.78 is 26.7. The zero-order valence-corrected chi connectivity index (χ0v) is 33.1. The Hall–Kier alpha value is -4.73. The van der Waals surface area contributed by atoms with Crippen LogP contribution in [-0.2, 0) is 30.4 Å². The van der Waals surface area contributed by atoms with E-state index in [0.29, 0.717) is 63.3 Å². The van der Waals surface area contributed by atoms with Crippen molar-refractivity contribution in [1.29, 1.82) is 0 Å². The molecule has 1 aliphatic carbocycles. The molecule has 13 nitrogen and oxygen atoms in total. The van der Waals surface area contributed by atoms with Crippen LogP contribution in [-0.4, -0.2) is 103 Å². The highest BCUT2D eigenvalue weighted by atomic mass is 16.6. The van der Waals surface area contributed by atoms with Crippen LogP contribution in [0.4, 0.5) is 0 Å². The number of nitrogens with one attached hydrogen (secondary N) is 3. The number of benzene rings is 4. The lowest BCUT2D eigenvalue weighted by atomic mass is 9.70. The molecule has 308 valence electrons. The minimum atomic E-state index is -1.01. The maximum absolute atomic E-state index is 10.9. The molecule has 8 rings (SSSR count). The number of ether oxygens (including phenoxy) is 4. The third-order valence-electron chi connectivity index (χ3n) is 11.7. The first-order valence-electron chi connectivity index (χ1n) is 20.3. The normalized spacial score (nSPS) is 21.8. The molecule has 13 heteroatoms. The van der Waals surface area contributed by atoms with Gasteiger partial charge in [-0.05, 0) is 115 Å². The van der Waals surface area contributed by atoms with Gasteiger partial charge >= 0.3 is 0 Å². The standard InChI is InChI=1S/C45H54N4O9/c1-26(52)21-47-24-48-23-45(56-25-46-2)20-37-36-17-30(16-27-3-9-38-28(15-27)11-12-49-38)35-19-31(53)5-7-33(35)41(36)43-34(8-6-32(22-51)57-43)42(37)58-44(45)29-4-10-39(54)40(18-29)55-14-13-50/h3-5,7,9-11,15,18-19,26,30,32,44,46-48,50-54H,6,8,12-14,16-17,20-25H2,1-2H3/t26-,30-,32+,44+,45-/m0/s1. The predicted octanol–water partition coefficient (Wildman–Crippen LogP) is 2.24. The van der Waals surface area contributed by atoms with Gasteiger partial charge in [0.1, 0.15) is 35.6 Å². The van der Waals surface area contributed by atoms with Crippen molar-refractivity contribution in [2.75, 3.05) is 59.9 Å². The number of aromatic hydroxyl groups is 2. The Morgan fingerprint density at radius 3 is 2.67 bits per heavy atom. The fourth-order valence-corrected chi connectivity index (χ4v) is 9.08. The third kappa shape index (κ3) is 7.87. The SMILES string of the molecule is CNCO[C@]1(CNCNC[C@H](C)O)Cc2c3c(c4c(c2O[C@@H]1c1ccc(O)c(OCCO)c1)CC[C@H](CO)O4)-c1ccc(O)cc1[C@@H](Cc1ccc2c(c1)=CCN=2)C3. The molecule has 0 radical (unpaired) electrons. The van der Waals surface area contributed by atoms with Crippen LogP contribution >= 0.6 is 0 Å².